The smallest absolute Gasteiger partial charge is 0.417 e. The Morgan fingerprint density at radius 1 is 1.11 bits per heavy atom. The molecule has 0 saturated carbocycles. The quantitative estimate of drug-likeness (QED) is 0.829. The zero-order valence-electron chi connectivity index (χ0n) is 15.6. The lowest BCUT2D eigenvalue weighted by Gasteiger charge is -2.27. The van der Waals surface area contributed by atoms with Gasteiger partial charge in [0.05, 0.1) is 18.1 Å². The average molecular weight is 367 g/mol. The van der Waals surface area contributed by atoms with Gasteiger partial charge < -0.3 is 9.84 Å². The molecule has 27 heavy (non-hydrogen) atoms. The molecular weight excluding hydrogens is 342 g/mol. The van der Waals surface area contributed by atoms with Gasteiger partial charge in [-0.05, 0) is 24.5 Å². The maximum absolute atomic E-state index is 13.2. The summed E-state index contributed by atoms with van der Waals surface area (Å²) in [6, 6.07) is 18.1. The van der Waals surface area contributed by atoms with Gasteiger partial charge in [-0.2, -0.15) is 0 Å². The standard InChI is InChI=1S/C22H25NO4/c1-3-10-18(19(24)16-11-6-4-7-12-16)21(25)23-15(2)20(27-22(23)26)17-13-8-5-9-14-17/h4-9,11-15,18-20,24H,3,10H2,1-2H3/t15-,18?,19?,20-/m1/s1. The molecule has 1 saturated heterocycles. The first-order chi connectivity index (χ1) is 13.0. The molecule has 2 aromatic rings. The molecule has 0 aliphatic carbocycles. The molecular formula is C22H25NO4. The van der Waals surface area contributed by atoms with Gasteiger partial charge in [0.2, 0.25) is 5.91 Å². The van der Waals surface area contributed by atoms with E-state index >= 15 is 0 Å². The van der Waals surface area contributed by atoms with Crippen molar-refractivity contribution in [2.24, 2.45) is 5.92 Å². The first-order valence-corrected chi connectivity index (χ1v) is 9.36. The fraction of sp³-hybridized carbons (Fsp3) is 0.364. The van der Waals surface area contributed by atoms with Crippen molar-refractivity contribution in [2.75, 3.05) is 0 Å². The molecule has 2 unspecified atom stereocenters. The molecule has 1 fully saturated rings. The zero-order valence-corrected chi connectivity index (χ0v) is 15.6. The van der Waals surface area contributed by atoms with Crippen LogP contribution in [0.3, 0.4) is 0 Å². The van der Waals surface area contributed by atoms with Crippen molar-refractivity contribution in [2.45, 2.75) is 44.9 Å². The number of amides is 2. The number of imide groups is 1. The molecule has 5 nitrogen and oxygen atoms in total. The zero-order chi connectivity index (χ0) is 19.4. The average Bonchev–Trinajstić information content (AvgIpc) is 3.00. The monoisotopic (exact) mass is 367 g/mol. The number of hydrogen-bond acceptors (Lipinski definition) is 4. The van der Waals surface area contributed by atoms with Crippen molar-refractivity contribution in [3.8, 4) is 0 Å². The molecule has 3 rings (SSSR count). The van der Waals surface area contributed by atoms with Crippen molar-refractivity contribution in [1.82, 2.24) is 4.90 Å². The van der Waals surface area contributed by atoms with Gasteiger partial charge in [0.15, 0.2) is 0 Å². The van der Waals surface area contributed by atoms with Crippen LogP contribution in [0.4, 0.5) is 4.79 Å². The minimum Gasteiger partial charge on any atom is -0.439 e. The fourth-order valence-electron chi connectivity index (χ4n) is 3.63. The van der Waals surface area contributed by atoms with Crippen LogP contribution in [0.15, 0.2) is 60.7 Å². The lowest BCUT2D eigenvalue weighted by molar-refractivity contribution is -0.137. The first-order valence-electron chi connectivity index (χ1n) is 9.36. The summed E-state index contributed by atoms with van der Waals surface area (Å²) in [5, 5.41) is 10.8. The third-order valence-corrected chi connectivity index (χ3v) is 5.07. The molecule has 2 amide bonds. The molecule has 0 aromatic heterocycles. The normalized spacial score (nSPS) is 21.6. The van der Waals surface area contributed by atoms with Crippen molar-refractivity contribution >= 4 is 12.0 Å². The Kier molecular flexibility index (Phi) is 5.91. The van der Waals surface area contributed by atoms with E-state index < -0.39 is 30.3 Å². The molecule has 0 bridgehead atoms. The number of nitrogens with zero attached hydrogens (tertiary/aromatic N) is 1. The lowest BCUT2D eigenvalue weighted by Crippen LogP contribution is -2.43. The second-order valence-electron chi connectivity index (χ2n) is 6.91. The van der Waals surface area contributed by atoms with E-state index in [4.69, 9.17) is 4.74 Å². The fourth-order valence-corrected chi connectivity index (χ4v) is 3.63. The summed E-state index contributed by atoms with van der Waals surface area (Å²) in [5.74, 6) is -1.08. The second-order valence-corrected chi connectivity index (χ2v) is 6.91. The van der Waals surface area contributed by atoms with Crippen molar-refractivity contribution in [1.29, 1.82) is 0 Å². The topological polar surface area (TPSA) is 66.8 Å². The van der Waals surface area contributed by atoms with Gasteiger partial charge in [-0.25, -0.2) is 9.69 Å². The van der Waals surface area contributed by atoms with E-state index in [2.05, 4.69) is 0 Å². The summed E-state index contributed by atoms with van der Waals surface area (Å²) in [4.78, 5) is 26.9. The predicted molar refractivity (Wildman–Crippen MR) is 102 cm³/mol. The highest BCUT2D eigenvalue weighted by atomic mass is 16.6. The highest BCUT2D eigenvalue weighted by molar-refractivity contribution is 5.95. The van der Waals surface area contributed by atoms with E-state index in [9.17, 15) is 14.7 Å². The minimum atomic E-state index is -0.963. The number of aliphatic hydroxyl groups is 1. The Balaban J connectivity index is 1.84. The van der Waals surface area contributed by atoms with Crippen LogP contribution in [0.2, 0.25) is 0 Å². The molecule has 1 aliphatic rings. The molecule has 5 heteroatoms. The predicted octanol–water partition coefficient (Wildman–Crippen LogP) is 4.24. The van der Waals surface area contributed by atoms with Crippen LogP contribution >= 0.6 is 0 Å². The Morgan fingerprint density at radius 3 is 2.30 bits per heavy atom. The Bertz CT molecular complexity index is 777. The summed E-state index contributed by atoms with van der Waals surface area (Å²) in [6.07, 6.45) is -0.905. The Hall–Kier alpha value is -2.66. The van der Waals surface area contributed by atoms with Gasteiger partial charge in [-0.15, -0.1) is 0 Å². The van der Waals surface area contributed by atoms with Crippen LogP contribution in [-0.2, 0) is 9.53 Å². The van der Waals surface area contributed by atoms with Crippen molar-refractivity contribution < 1.29 is 19.4 Å². The highest BCUT2D eigenvalue weighted by Crippen LogP contribution is 2.36. The molecule has 1 aliphatic heterocycles. The molecule has 142 valence electrons. The summed E-state index contributed by atoms with van der Waals surface area (Å²) in [7, 11) is 0. The molecule has 0 spiro atoms. The summed E-state index contributed by atoms with van der Waals surface area (Å²) >= 11 is 0. The van der Waals surface area contributed by atoms with E-state index in [1.54, 1.807) is 19.1 Å². The summed E-state index contributed by atoms with van der Waals surface area (Å²) < 4.78 is 5.49. The second kappa shape index (κ2) is 8.35. The van der Waals surface area contributed by atoms with E-state index in [-0.39, 0.29) is 5.91 Å². The third kappa shape index (κ3) is 3.88. The van der Waals surface area contributed by atoms with E-state index in [1.807, 2.05) is 55.5 Å². The molecule has 0 radical (unpaired) electrons. The highest BCUT2D eigenvalue weighted by Gasteiger charge is 2.46. The number of ether oxygens (including phenoxy) is 1. The number of rotatable bonds is 6. The maximum atomic E-state index is 13.2. The molecule has 1 N–H and O–H groups in total. The number of hydrogen-bond donors (Lipinski definition) is 1. The molecule has 4 atom stereocenters. The van der Waals surface area contributed by atoms with Crippen LogP contribution in [0.25, 0.3) is 0 Å². The summed E-state index contributed by atoms with van der Waals surface area (Å²) in [5.41, 5.74) is 1.52. The van der Waals surface area contributed by atoms with Crippen LogP contribution in [0, 0.1) is 5.92 Å². The molecule has 1 heterocycles. The number of carbonyl (C=O) groups excluding carboxylic acids is 2. The summed E-state index contributed by atoms with van der Waals surface area (Å²) in [6.45, 7) is 3.76. The number of aliphatic hydroxyl groups excluding tert-OH is 1. The van der Waals surface area contributed by atoms with Gasteiger partial charge >= 0.3 is 6.09 Å². The van der Waals surface area contributed by atoms with Gasteiger partial charge in [-0.3, -0.25) is 4.79 Å². The SMILES string of the molecule is CCCC(C(=O)N1C(=O)O[C@@H](c2ccccc2)[C@H]1C)C(O)c1ccccc1. The van der Waals surface area contributed by atoms with Gasteiger partial charge in [0.25, 0.3) is 0 Å². The first kappa shape index (κ1) is 19.1. The Morgan fingerprint density at radius 2 is 1.70 bits per heavy atom. The van der Waals surface area contributed by atoms with Gasteiger partial charge in [0, 0.05) is 0 Å². The number of benzene rings is 2. The van der Waals surface area contributed by atoms with Gasteiger partial charge in [0.1, 0.15) is 6.10 Å². The van der Waals surface area contributed by atoms with Crippen LogP contribution in [0.1, 0.15) is 50.0 Å². The minimum absolute atomic E-state index is 0.385. The van der Waals surface area contributed by atoms with Crippen molar-refractivity contribution in [3.05, 3.63) is 71.8 Å². The van der Waals surface area contributed by atoms with Gasteiger partial charge in [-0.1, -0.05) is 74.0 Å². The van der Waals surface area contributed by atoms with E-state index in [0.29, 0.717) is 12.0 Å². The third-order valence-electron chi connectivity index (χ3n) is 5.07. The number of cyclic esters (lactones) is 1. The van der Waals surface area contributed by atoms with E-state index in [0.717, 1.165) is 12.0 Å². The van der Waals surface area contributed by atoms with Crippen LogP contribution in [-0.4, -0.2) is 28.0 Å². The Labute approximate surface area is 159 Å². The molecule has 2 aromatic carbocycles. The lowest BCUT2D eigenvalue weighted by atomic mass is 9.90. The maximum Gasteiger partial charge on any atom is 0.417 e. The van der Waals surface area contributed by atoms with E-state index in [1.165, 1.54) is 4.90 Å². The van der Waals surface area contributed by atoms with Crippen LogP contribution in [0.5, 0.6) is 0 Å². The number of carbonyl (C=O) groups is 2. The largest absolute Gasteiger partial charge is 0.439 e. The van der Waals surface area contributed by atoms with Crippen molar-refractivity contribution in [3.63, 3.8) is 0 Å². The van der Waals surface area contributed by atoms with Crippen LogP contribution < -0.4 is 0 Å².